The fraction of sp³-hybridized carbons (Fsp3) is 0.400. The number of fused-ring (bicyclic) bond motifs is 1. The second-order valence-electron chi connectivity index (χ2n) is 3.29. The van der Waals surface area contributed by atoms with Gasteiger partial charge in [-0.3, -0.25) is 0 Å². The van der Waals surface area contributed by atoms with Gasteiger partial charge in [-0.2, -0.15) is 0 Å². The van der Waals surface area contributed by atoms with Crippen LogP contribution in [-0.4, -0.2) is 12.3 Å². The van der Waals surface area contributed by atoms with Crippen LogP contribution in [0.15, 0.2) is 17.0 Å². The molecule has 0 unspecified atom stereocenters. The normalized spacial score (nSPS) is 14.6. The van der Waals surface area contributed by atoms with Gasteiger partial charge in [0.1, 0.15) is 5.82 Å². The first kappa shape index (κ1) is 9.80. The van der Waals surface area contributed by atoms with Gasteiger partial charge in [0.25, 0.3) is 0 Å². The van der Waals surface area contributed by atoms with E-state index in [1.807, 2.05) is 13.0 Å². The van der Waals surface area contributed by atoms with Crippen molar-refractivity contribution >= 4 is 17.4 Å². The highest BCUT2D eigenvalue weighted by atomic mass is 32.2. The Morgan fingerprint density at radius 2 is 2.36 bits per heavy atom. The van der Waals surface area contributed by atoms with Crippen molar-refractivity contribution in [3.05, 3.63) is 23.5 Å². The summed E-state index contributed by atoms with van der Waals surface area (Å²) in [6, 6.07) is 3.46. The number of hydrogen-bond donors (Lipinski definition) is 1. The molecule has 0 fully saturated rings. The van der Waals surface area contributed by atoms with E-state index in [9.17, 15) is 4.39 Å². The third kappa shape index (κ3) is 1.60. The molecule has 2 nitrogen and oxygen atoms in total. The molecule has 1 aliphatic rings. The molecule has 0 saturated carbocycles. The second kappa shape index (κ2) is 3.79. The largest absolute Gasteiger partial charge is 0.310 e. The summed E-state index contributed by atoms with van der Waals surface area (Å²) in [6.07, 6.45) is 0.847. The molecular formula is C10H13FN2S. The molecule has 1 aromatic carbocycles. The quantitative estimate of drug-likeness (QED) is 0.602. The Bertz CT molecular complexity index is 354. The molecule has 2 rings (SSSR count). The molecule has 14 heavy (non-hydrogen) atoms. The van der Waals surface area contributed by atoms with Gasteiger partial charge in [-0.1, -0.05) is 6.92 Å². The van der Waals surface area contributed by atoms with E-state index in [0.29, 0.717) is 4.90 Å². The summed E-state index contributed by atoms with van der Waals surface area (Å²) in [6.45, 7) is 2.80. The summed E-state index contributed by atoms with van der Waals surface area (Å²) in [5.74, 6) is 6.52. The Morgan fingerprint density at radius 3 is 3.07 bits per heavy atom. The second-order valence-corrected chi connectivity index (χ2v) is 4.59. The van der Waals surface area contributed by atoms with Gasteiger partial charge in [0.05, 0.1) is 5.69 Å². The highest BCUT2D eigenvalue weighted by molar-refractivity contribution is 7.99. The van der Waals surface area contributed by atoms with Crippen molar-refractivity contribution < 1.29 is 4.39 Å². The number of nitrogens with two attached hydrogens (primary N) is 1. The molecule has 0 spiro atoms. The lowest BCUT2D eigenvalue weighted by Gasteiger charge is -2.12. The van der Waals surface area contributed by atoms with E-state index in [1.165, 1.54) is 11.8 Å². The van der Waals surface area contributed by atoms with Gasteiger partial charge in [-0.15, -0.1) is 11.8 Å². The summed E-state index contributed by atoms with van der Waals surface area (Å²) < 4.78 is 13.5. The van der Waals surface area contributed by atoms with E-state index in [2.05, 4.69) is 0 Å². The van der Waals surface area contributed by atoms with Crippen LogP contribution in [0.1, 0.15) is 12.5 Å². The molecule has 0 aliphatic carbocycles. The Kier molecular flexibility index (Phi) is 2.65. The minimum absolute atomic E-state index is 0.120. The van der Waals surface area contributed by atoms with Crippen molar-refractivity contribution in [2.24, 2.45) is 5.84 Å². The minimum atomic E-state index is -0.120. The SMILES string of the molecule is CCSc1cc2c(cc1F)CCN2N. The van der Waals surface area contributed by atoms with Crippen molar-refractivity contribution in [3.63, 3.8) is 0 Å². The first-order valence-corrected chi connectivity index (χ1v) is 5.68. The maximum atomic E-state index is 13.5. The van der Waals surface area contributed by atoms with Crippen LogP contribution in [0.25, 0.3) is 0 Å². The van der Waals surface area contributed by atoms with E-state index in [0.717, 1.165) is 30.0 Å². The van der Waals surface area contributed by atoms with Gasteiger partial charge in [-0.05, 0) is 29.9 Å². The van der Waals surface area contributed by atoms with Crippen LogP contribution in [0, 0.1) is 5.82 Å². The van der Waals surface area contributed by atoms with Crippen LogP contribution >= 0.6 is 11.8 Å². The lowest BCUT2D eigenvalue weighted by molar-refractivity contribution is 0.601. The van der Waals surface area contributed by atoms with Crippen molar-refractivity contribution in [1.29, 1.82) is 0 Å². The molecule has 0 aromatic heterocycles. The predicted molar refractivity (Wildman–Crippen MR) is 58.0 cm³/mol. The highest BCUT2D eigenvalue weighted by Gasteiger charge is 2.19. The number of benzene rings is 1. The summed E-state index contributed by atoms with van der Waals surface area (Å²) in [5, 5.41) is 1.69. The molecule has 1 aliphatic heterocycles. The van der Waals surface area contributed by atoms with Gasteiger partial charge in [0, 0.05) is 11.4 Å². The number of thioether (sulfide) groups is 1. The summed E-state index contributed by atoms with van der Waals surface area (Å²) >= 11 is 1.51. The van der Waals surface area contributed by atoms with Gasteiger partial charge in [-0.25, -0.2) is 10.2 Å². The van der Waals surface area contributed by atoms with Crippen molar-refractivity contribution in [2.75, 3.05) is 17.3 Å². The lowest BCUT2D eigenvalue weighted by Crippen LogP contribution is -2.28. The Labute approximate surface area is 87.2 Å². The zero-order chi connectivity index (χ0) is 10.1. The van der Waals surface area contributed by atoms with Gasteiger partial charge < -0.3 is 5.01 Å². The van der Waals surface area contributed by atoms with E-state index >= 15 is 0 Å². The smallest absolute Gasteiger partial charge is 0.137 e. The van der Waals surface area contributed by atoms with E-state index < -0.39 is 0 Å². The number of hydrogen-bond acceptors (Lipinski definition) is 3. The number of nitrogens with zero attached hydrogens (tertiary/aromatic N) is 1. The Morgan fingerprint density at radius 1 is 1.57 bits per heavy atom. The van der Waals surface area contributed by atoms with Gasteiger partial charge >= 0.3 is 0 Å². The average molecular weight is 212 g/mol. The predicted octanol–water partition coefficient (Wildman–Crippen LogP) is 2.17. The number of halogens is 1. The molecule has 76 valence electrons. The van der Waals surface area contributed by atoms with Crippen LogP contribution in [0.3, 0.4) is 0 Å². The number of hydrazine groups is 1. The van der Waals surface area contributed by atoms with Gasteiger partial charge in [0.2, 0.25) is 0 Å². The van der Waals surface area contributed by atoms with Crippen molar-refractivity contribution in [2.45, 2.75) is 18.2 Å². The van der Waals surface area contributed by atoms with E-state index in [-0.39, 0.29) is 5.82 Å². The lowest BCUT2D eigenvalue weighted by atomic mass is 10.2. The molecule has 0 amide bonds. The standard InChI is InChI=1S/C10H13FN2S/c1-2-14-10-6-9-7(5-8(10)11)3-4-13(9)12/h5-6H,2-4,12H2,1H3. The fourth-order valence-corrected chi connectivity index (χ4v) is 2.38. The van der Waals surface area contributed by atoms with Crippen LogP contribution in [0.5, 0.6) is 0 Å². The molecular weight excluding hydrogens is 199 g/mol. The van der Waals surface area contributed by atoms with Gasteiger partial charge in [0.15, 0.2) is 0 Å². The maximum Gasteiger partial charge on any atom is 0.137 e. The topological polar surface area (TPSA) is 29.3 Å². The Hall–Kier alpha value is -0.740. The zero-order valence-corrected chi connectivity index (χ0v) is 8.90. The third-order valence-corrected chi connectivity index (χ3v) is 3.28. The monoisotopic (exact) mass is 212 g/mol. The summed E-state index contributed by atoms with van der Waals surface area (Å²) in [5.41, 5.74) is 1.99. The number of anilines is 1. The molecule has 0 bridgehead atoms. The van der Waals surface area contributed by atoms with Crippen LogP contribution < -0.4 is 10.9 Å². The molecule has 1 heterocycles. The molecule has 2 N–H and O–H groups in total. The molecule has 0 saturated heterocycles. The van der Waals surface area contributed by atoms with Crippen LogP contribution in [0.4, 0.5) is 10.1 Å². The highest BCUT2D eigenvalue weighted by Crippen LogP contribution is 2.32. The maximum absolute atomic E-state index is 13.5. The van der Waals surface area contributed by atoms with E-state index in [4.69, 9.17) is 5.84 Å². The molecule has 4 heteroatoms. The zero-order valence-electron chi connectivity index (χ0n) is 8.09. The molecule has 0 atom stereocenters. The van der Waals surface area contributed by atoms with Crippen LogP contribution in [-0.2, 0) is 6.42 Å². The first-order chi connectivity index (χ1) is 6.72. The Balaban J connectivity index is 2.41. The fourth-order valence-electron chi connectivity index (χ4n) is 1.68. The van der Waals surface area contributed by atoms with Crippen molar-refractivity contribution in [1.82, 2.24) is 0 Å². The van der Waals surface area contributed by atoms with Crippen LogP contribution in [0.2, 0.25) is 0 Å². The third-order valence-electron chi connectivity index (χ3n) is 2.36. The summed E-state index contributed by atoms with van der Waals surface area (Å²) in [7, 11) is 0. The molecule has 0 radical (unpaired) electrons. The molecule has 1 aromatic rings. The first-order valence-electron chi connectivity index (χ1n) is 4.70. The average Bonchev–Trinajstić information content (AvgIpc) is 2.49. The van der Waals surface area contributed by atoms with E-state index in [1.54, 1.807) is 11.1 Å². The van der Waals surface area contributed by atoms with Crippen molar-refractivity contribution in [3.8, 4) is 0 Å². The minimum Gasteiger partial charge on any atom is -0.310 e. The number of rotatable bonds is 2. The summed E-state index contributed by atoms with van der Waals surface area (Å²) in [4.78, 5) is 0.698.